The lowest BCUT2D eigenvalue weighted by Gasteiger charge is -2.56. The SMILES string of the molecule is C[C@]12CC(c3ccc(N4CCCCC4)cc3)C3=C4CCC5(CC4(O)CC[C@H]3[C@@H]1CCC2N=O)OCCO5. The predicted octanol–water partition coefficient (Wildman–Crippen LogP) is 6.08. The standard InChI is InChI=1S/C31H42N2O4/c1-29-19-24(21-5-7-22(8-6-21)33-15-3-2-4-16-33)28-23(25(29)9-10-27(29)32-35)11-13-30(34)20-31(14-12-26(28)30)36-17-18-37-31/h5-8,23-25,27,34H,2-4,9-20H2,1H3/t23-,24?,25-,27?,29-,30?/m0/s1. The van der Waals surface area contributed by atoms with Crippen molar-refractivity contribution in [2.24, 2.45) is 22.4 Å². The van der Waals surface area contributed by atoms with E-state index in [2.05, 4.69) is 41.3 Å². The van der Waals surface area contributed by atoms with Crippen LogP contribution in [-0.4, -0.2) is 48.8 Å². The summed E-state index contributed by atoms with van der Waals surface area (Å²) < 4.78 is 12.1. The molecule has 0 aromatic heterocycles. The van der Waals surface area contributed by atoms with Crippen LogP contribution in [0.3, 0.4) is 0 Å². The Labute approximate surface area is 220 Å². The number of ether oxygens (including phenoxy) is 2. The maximum absolute atomic E-state index is 12.1. The summed E-state index contributed by atoms with van der Waals surface area (Å²) in [5.41, 5.74) is 4.48. The van der Waals surface area contributed by atoms with Gasteiger partial charge in [0.1, 0.15) is 0 Å². The highest BCUT2D eigenvalue weighted by Gasteiger charge is 2.61. The van der Waals surface area contributed by atoms with Gasteiger partial charge >= 0.3 is 0 Å². The Morgan fingerprint density at radius 3 is 2.49 bits per heavy atom. The van der Waals surface area contributed by atoms with Gasteiger partial charge in [0, 0.05) is 37.5 Å². The molecule has 1 aromatic carbocycles. The third kappa shape index (κ3) is 3.76. The number of allylic oxidation sites excluding steroid dienone is 1. The van der Waals surface area contributed by atoms with E-state index in [0.717, 1.165) is 58.0 Å². The molecule has 2 aliphatic heterocycles. The van der Waals surface area contributed by atoms with Crippen molar-refractivity contribution in [2.75, 3.05) is 31.2 Å². The smallest absolute Gasteiger partial charge is 0.171 e. The van der Waals surface area contributed by atoms with Crippen molar-refractivity contribution in [2.45, 2.75) is 101 Å². The zero-order chi connectivity index (χ0) is 25.3. The number of nitroso groups, excluding NO2 is 1. The third-order valence-corrected chi connectivity index (χ3v) is 11.3. The largest absolute Gasteiger partial charge is 0.385 e. The molecule has 0 bridgehead atoms. The molecular weight excluding hydrogens is 464 g/mol. The Balaban J connectivity index is 1.29. The Kier molecular flexibility index (Phi) is 5.84. The topological polar surface area (TPSA) is 71.4 Å². The molecule has 7 rings (SSSR count). The van der Waals surface area contributed by atoms with Gasteiger partial charge in [0.2, 0.25) is 0 Å². The van der Waals surface area contributed by atoms with Crippen molar-refractivity contribution in [3.05, 3.63) is 45.9 Å². The molecule has 3 saturated carbocycles. The second-order valence-corrected chi connectivity index (χ2v) is 13.1. The van der Waals surface area contributed by atoms with E-state index in [1.165, 1.54) is 41.7 Å². The maximum Gasteiger partial charge on any atom is 0.171 e. The summed E-state index contributed by atoms with van der Waals surface area (Å²) in [5, 5.41) is 15.8. The summed E-state index contributed by atoms with van der Waals surface area (Å²) in [6.07, 6.45) is 10.7. The number of benzene rings is 1. The molecule has 1 aromatic rings. The van der Waals surface area contributed by atoms with E-state index in [4.69, 9.17) is 9.47 Å². The number of fused-ring (bicyclic) bond motifs is 4. The number of nitrogens with zero attached hydrogens (tertiary/aromatic N) is 2. The fraction of sp³-hybridized carbons (Fsp3) is 0.742. The van der Waals surface area contributed by atoms with E-state index in [1.807, 2.05) is 0 Å². The summed E-state index contributed by atoms with van der Waals surface area (Å²) in [5.74, 6) is 0.513. The van der Waals surface area contributed by atoms with Crippen LogP contribution in [-0.2, 0) is 9.47 Å². The second-order valence-electron chi connectivity index (χ2n) is 13.1. The van der Waals surface area contributed by atoms with Gasteiger partial charge in [-0.3, -0.25) is 0 Å². The highest BCUT2D eigenvalue weighted by molar-refractivity contribution is 5.51. The minimum absolute atomic E-state index is 0.0737. The van der Waals surface area contributed by atoms with Crippen molar-refractivity contribution in [3.63, 3.8) is 0 Å². The van der Waals surface area contributed by atoms with E-state index in [-0.39, 0.29) is 17.4 Å². The van der Waals surface area contributed by atoms with E-state index in [1.54, 1.807) is 0 Å². The predicted molar refractivity (Wildman–Crippen MR) is 143 cm³/mol. The normalized spacial score (nSPS) is 40.9. The van der Waals surface area contributed by atoms with Gasteiger partial charge in [-0.05, 0) is 98.3 Å². The van der Waals surface area contributed by atoms with Crippen LogP contribution >= 0.6 is 0 Å². The van der Waals surface area contributed by atoms with Gasteiger partial charge in [0.05, 0.1) is 24.9 Å². The summed E-state index contributed by atoms with van der Waals surface area (Å²) in [4.78, 5) is 14.5. The van der Waals surface area contributed by atoms with Crippen molar-refractivity contribution < 1.29 is 14.6 Å². The molecule has 1 spiro atoms. The number of aliphatic hydroxyl groups is 1. The maximum atomic E-state index is 12.1. The zero-order valence-electron chi connectivity index (χ0n) is 22.3. The average Bonchev–Trinajstić information content (AvgIpc) is 3.51. The van der Waals surface area contributed by atoms with Gasteiger partial charge in [-0.15, -0.1) is 0 Å². The molecule has 200 valence electrons. The van der Waals surface area contributed by atoms with Gasteiger partial charge < -0.3 is 19.5 Å². The van der Waals surface area contributed by atoms with Crippen LogP contribution in [0.1, 0.15) is 89.0 Å². The van der Waals surface area contributed by atoms with Crippen molar-refractivity contribution in [3.8, 4) is 0 Å². The van der Waals surface area contributed by atoms with E-state index < -0.39 is 11.4 Å². The molecular formula is C31H42N2O4. The van der Waals surface area contributed by atoms with Crippen LogP contribution in [0.2, 0.25) is 0 Å². The van der Waals surface area contributed by atoms with Gasteiger partial charge in [0.15, 0.2) is 5.79 Å². The molecule has 5 fully saturated rings. The molecule has 6 nitrogen and oxygen atoms in total. The fourth-order valence-electron chi connectivity index (χ4n) is 9.53. The lowest BCUT2D eigenvalue weighted by Crippen LogP contribution is -2.53. The Bertz CT molecular complexity index is 1070. The van der Waals surface area contributed by atoms with Crippen LogP contribution in [0.4, 0.5) is 5.69 Å². The molecule has 4 aliphatic carbocycles. The Morgan fingerprint density at radius 2 is 1.76 bits per heavy atom. The second kappa shape index (κ2) is 8.89. The molecule has 3 unspecified atom stereocenters. The summed E-state index contributed by atoms with van der Waals surface area (Å²) in [6.45, 7) is 5.87. The number of hydrogen-bond acceptors (Lipinski definition) is 6. The molecule has 37 heavy (non-hydrogen) atoms. The Hall–Kier alpha value is -1.76. The van der Waals surface area contributed by atoms with E-state index in [9.17, 15) is 10.0 Å². The summed E-state index contributed by atoms with van der Waals surface area (Å²) >= 11 is 0. The third-order valence-electron chi connectivity index (χ3n) is 11.3. The Morgan fingerprint density at radius 1 is 1.00 bits per heavy atom. The minimum Gasteiger partial charge on any atom is -0.385 e. The summed E-state index contributed by atoms with van der Waals surface area (Å²) in [6, 6.07) is 9.19. The lowest BCUT2D eigenvalue weighted by atomic mass is 9.51. The van der Waals surface area contributed by atoms with Gasteiger partial charge in [-0.25, -0.2) is 0 Å². The number of hydrogen-bond donors (Lipinski definition) is 1. The number of anilines is 1. The average molecular weight is 507 g/mol. The van der Waals surface area contributed by atoms with Crippen molar-refractivity contribution >= 4 is 5.69 Å². The van der Waals surface area contributed by atoms with Gasteiger partial charge in [-0.1, -0.05) is 29.8 Å². The zero-order valence-corrected chi connectivity index (χ0v) is 22.3. The first-order chi connectivity index (χ1) is 17.9. The first-order valence-corrected chi connectivity index (χ1v) is 14.9. The lowest BCUT2D eigenvalue weighted by molar-refractivity contribution is -0.208. The molecule has 2 heterocycles. The van der Waals surface area contributed by atoms with Crippen molar-refractivity contribution in [1.82, 2.24) is 0 Å². The van der Waals surface area contributed by atoms with Crippen LogP contribution in [0, 0.1) is 22.2 Å². The molecule has 0 amide bonds. The van der Waals surface area contributed by atoms with Gasteiger partial charge in [0.25, 0.3) is 0 Å². The molecule has 0 radical (unpaired) electrons. The minimum atomic E-state index is -0.852. The van der Waals surface area contributed by atoms with Crippen LogP contribution in [0.5, 0.6) is 0 Å². The number of rotatable bonds is 3. The van der Waals surface area contributed by atoms with Crippen LogP contribution < -0.4 is 4.90 Å². The highest BCUT2D eigenvalue weighted by atomic mass is 16.7. The first kappa shape index (κ1) is 24.3. The molecule has 6 atom stereocenters. The van der Waals surface area contributed by atoms with Gasteiger partial charge in [-0.2, -0.15) is 4.91 Å². The number of piperidine rings is 1. The quantitative estimate of drug-likeness (QED) is 0.397. The van der Waals surface area contributed by atoms with E-state index in [0.29, 0.717) is 31.5 Å². The molecule has 2 saturated heterocycles. The monoisotopic (exact) mass is 506 g/mol. The highest BCUT2D eigenvalue weighted by Crippen LogP contribution is 2.66. The molecule has 6 heteroatoms. The van der Waals surface area contributed by atoms with Crippen molar-refractivity contribution in [1.29, 1.82) is 0 Å². The fourth-order valence-corrected chi connectivity index (χ4v) is 9.53. The van der Waals surface area contributed by atoms with Crippen LogP contribution in [0.25, 0.3) is 0 Å². The molecule has 6 aliphatic rings. The summed E-state index contributed by atoms with van der Waals surface area (Å²) in [7, 11) is 0. The van der Waals surface area contributed by atoms with E-state index >= 15 is 0 Å². The first-order valence-electron chi connectivity index (χ1n) is 14.9. The van der Waals surface area contributed by atoms with Crippen LogP contribution in [0.15, 0.2) is 40.6 Å². The molecule has 1 N–H and O–H groups in total.